The van der Waals surface area contributed by atoms with E-state index in [0.717, 1.165) is 31.5 Å². The lowest BCUT2D eigenvalue weighted by Crippen LogP contribution is -2.34. The van der Waals surface area contributed by atoms with Gasteiger partial charge in [-0.15, -0.1) is 0 Å². The molecule has 2 fully saturated rings. The largest absolute Gasteiger partial charge is 0.381 e. The highest BCUT2D eigenvalue weighted by atomic mass is 16.3. The zero-order valence-corrected chi connectivity index (χ0v) is 8.35. The van der Waals surface area contributed by atoms with Crippen molar-refractivity contribution >= 4 is 0 Å². The minimum absolute atomic E-state index is 0.429. The van der Waals surface area contributed by atoms with E-state index >= 15 is 0 Å². The average molecular weight is 193 g/mol. The van der Waals surface area contributed by atoms with Gasteiger partial charge in [0.1, 0.15) is 11.9 Å². The molecule has 0 unspecified atom stereocenters. The fraction of sp³-hybridized carbons (Fsp3) is 0.800. The number of hydrogen-bond acceptors (Lipinski definition) is 3. The van der Waals surface area contributed by atoms with Gasteiger partial charge in [0.2, 0.25) is 0 Å². The minimum Gasteiger partial charge on any atom is -0.381 e. The molecule has 0 aromatic carbocycles. The lowest BCUT2D eigenvalue weighted by molar-refractivity contribution is -0.0219. The predicted octanol–water partition coefficient (Wildman–Crippen LogP) is 0.823. The van der Waals surface area contributed by atoms with Crippen LogP contribution in [0.4, 0.5) is 0 Å². The van der Waals surface area contributed by atoms with Gasteiger partial charge in [-0.2, -0.15) is 5.10 Å². The van der Waals surface area contributed by atoms with Crippen LogP contribution in [-0.4, -0.2) is 19.9 Å². The molecule has 0 spiro atoms. The van der Waals surface area contributed by atoms with Crippen LogP contribution in [0.5, 0.6) is 0 Å². The molecule has 1 aromatic heterocycles. The van der Waals surface area contributed by atoms with Crippen molar-refractivity contribution in [3.8, 4) is 0 Å². The standard InChI is InChI=1S/C10H15N3O/c1-13-9(11-6-12-13)10(14,7-2-3-7)8-4-5-8/h6-8,14H,2-5H2,1H3. The summed E-state index contributed by atoms with van der Waals surface area (Å²) < 4.78 is 1.72. The maximum Gasteiger partial charge on any atom is 0.159 e. The van der Waals surface area contributed by atoms with Crippen LogP contribution < -0.4 is 0 Å². The van der Waals surface area contributed by atoms with E-state index in [1.165, 1.54) is 6.33 Å². The number of aliphatic hydroxyl groups is 1. The summed E-state index contributed by atoms with van der Waals surface area (Å²) in [5.41, 5.74) is -0.675. The molecule has 1 heterocycles. The van der Waals surface area contributed by atoms with Crippen molar-refractivity contribution in [2.75, 3.05) is 0 Å². The SMILES string of the molecule is Cn1ncnc1C(O)(C1CC1)C1CC1. The Morgan fingerprint density at radius 2 is 1.93 bits per heavy atom. The molecule has 4 heteroatoms. The van der Waals surface area contributed by atoms with Gasteiger partial charge in [0.25, 0.3) is 0 Å². The second kappa shape index (κ2) is 2.57. The van der Waals surface area contributed by atoms with Crippen molar-refractivity contribution in [1.29, 1.82) is 0 Å². The van der Waals surface area contributed by atoms with Gasteiger partial charge in [-0.3, -0.25) is 4.68 Å². The van der Waals surface area contributed by atoms with E-state index in [9.17, 15) is 5.11 Å². The van der Waals surface area contributed by atoms with E-state index in [1.807, 2.05) is 7.05 Å². The van der Waals surface area contributed by atoms with Crippen molar-refractivity contribution in [1.82, 2.24) is 14.8 Å². The van der Waals surface area contributed by atoms with Gasteiger partial charge >= 0.3 is 0 Å². The van der Waals surface area contributed by atoms with Crippen LogP contribution in [-0.2, 0) is 12.6 Å². The first kappa shape index (κ1) is 8.41. The van der Waals surface area contributed by atoms with Crippen molar-refractivity contribution in [2.45, 2.75) is 31.3 Å². The second-order valence-corrected chi connectivity index (χ2v) is 4.58. The third-order valence-corrected chi connectivity index (χ3v) is 3.47. The van der Waals surface area contributed by atoms with Crippen LogP contribution >= 0.6 is 0 Å². The molecule has 3 rings (SSSR count). The zero-order chi connectivity index (χ0) is 9.76. The molecule has 76 valence electrons. The van der Waals surface area contributed by atoms with E-state index in [4.69, 9.17) is 0 Å². The fourth-order valence-corrected chi connectivity index (χ4v) is 2.40. The summed E-state index contributed by atoms with van der Waals surface area (Å²) in [5.74, 6) is 1.62. The number of nitrogens with zero attached hydrogens (tertiary/aromatic N) is 3. The van der Waals surface area contributed by atoms with Gasteiger partial charge in [-0.05, 0) is 37.5 Å². The molecule has 4 nitrogen and oxygen atoms in total. The maximum absolute atomic E-state index is 10.7. The fourth-order valence-electron chi connectivity index (χ4n) is 2.40. The van der Waals surface area contributed by atoms with Crippen LogP contribution in [0.2, 0.25) is 0 Å². The smallest absolute Gasteiger partial charge is 0.159 e. The van der Waals surface area contributed by atoms with Gasteiger partial charge in [-0.25, -0.2) is 4.98 Å². The molecule has 0 saturated heterocycles. The Kier molecular flexibility index (Phi) is 1.54. The third-order valence-electron chi connectivity index (χ3n) is 3.47. The number of aryl methyl sites for hydroxylation is 1. The summed E-state index contributed by atoms with van der Waals surface area (Å²) in [7, 11) is 1.86. The van der Waals surface area contributed by atoms with Gasteiger partial charge in [-0.1, -0.05) is 0 Å². The molecular formula is C10H15N3O. The topological polar surface area (TPSA) is 50.9 Å². The van der Waals surface area contributed by atoms with Crippen LogP contribution in [0.25, 0.3) is 0 Å². The molecule has 1 N–H and O–H groups in total. The summed E-state index contributed by atoms with van der Waals surface area (Å²) in [6.45, 7) is 0. The lowest BCUT2D eigenvalue weighted by Gasteiger charge is -2.26. The first-order valence-corrected chi connectivity index (χ1v) is 5.29. The van der Waals surface area contributed by atoms with Crippen molar-refractivity contribution in [2.24, 2.45) is 18.9 Å². The minimum atomic E-state index is -0.675. The quantitative estimate of drug-likeness (QED) is 0.773. The normalized spacial score (nSPS) is 22.7. The second-order valence-electron chi connectivity index (χ2n) is 4.58. The summed E-state index contributed by atoms with van der Waals surface area (Å²) in [5, 5.41) is 14.8. The molecular weight excluding hydrogens is 178 g/mol. The molecule has 0 bridgehead atoms. The van der Waals surface area contributed by atoms with Gasteiger partial charge in [0.15, 0.2) is 5.82 Å². The first-order chi connectivity index (χ1) is 6.73. The Morgan fingerprint density at radius 1 is 1.36 bits per heavy atom. The summed E-state index contributed by atoms with van der Waals surface area (Å²) in [4.78, 5) is 4.21. The molecule has 0 amide bonds. The third kappa shape index (κ3) is 1.03. The molecule has 1 aromatic rings. The van der Waals surface area contributed by atoms with Crippen LogP contribution in [0.1, 0.15) is 31.5 Å². The highest BCUT2D eigenvalue weighted by Gasteiger charge is 2.56. The predicted molar refractivity (Wildman–Crippen MR) is 50.3 cm³/mol. The Bertz CT molecular complexity index is 340. The molecule has 0 aliphatic heterocycles. The summed E-state index contributed by atoms with van der Waals surface area (Å²) in [6, 6.07) is 0. The highest BCUT2D eigenvalue weighted by molar-refractivity contribution is 5.14. The molecule has 2 aliphatic rings. The Hall–Kier alpha value is -0.900. The summed E-state index contributed by atoms with van der Waals surface area (Å²) in [6.07, 6.45) is 6.09. The molecule has 14 heavy (non-hydrogen) atoms. The van der Waals surface area contributed by atoms with Crippen molar-refractivity contribution in [3.05, 3.63) is 12.2 Å². The Morgan fingerprint density at radius 3 is 2.29 bits per heavy atom. The number of aromatic nitrogens is 3. The van der Waals surface area contributed by atoms with E-state index in [2.05, 4.69) is 10.1 Å². The van der Waals surface area contributed by atoms with E-state index in [0.29, 0.717) is 11.8 Å². The highest BCUT2D eigenvalue weighted by Crippen LogP contribution is 2.56. The van der Waals surface area contributed by atoms with E-state index < -0.39 is 5.60 Å². The van der Waals surface area contributed by atoms with Gasteiger partial charge < -0.3 is 5.11 Å². The molecule has 2 aliphatic carbocycles. The van der Waals surface area contributed by atoms with Crippen LogP contribution in [0.3, 0.4) is 0 Å². The zero-order valence-electron chi connectivity index (χ0n) is 8.35. The summed E-state index contributed by atoms with van der Waals surface area (Å²) >= 11 is 0. The Balaban J connectivity index is 2.02. The van der Waals surface area contributed by atoms with Crippen molar-refractivity contribution in [3.63, 3.8) is 0 Å². The van der Waals surface area contributed by atoms with Crippen LogP contribution in [0, 0.1) is 11.8 Å². The monoisotopic (exact) mass is 193 g/mol. The van der Waals surface area contributed by atoms with E-state index in [1.54, 1.807) is 4.68 Å². The van der Waals surface area contributed by atoms with Crippen LogP contribution in [0.15, 0.2) is 6.33 Å². The first-order valence-electron chi connectivity index (χ1n) is 5.29. The lowest BCUT2D eigenvalue weighted by atomic mass is 9.91. The maximum atomic E-state index is 10.7. The number of hydrogen-bond donors (Lipinski definition) is 1. The van der Waals surface area contributed by atoms with E-state index in [-0.39, 0.29) is 0 Å². The van der Waals surface area contributed by atoms with Gasteiger partial charge in [0, 0.05) is 7.05 Å². The van der Waals surface area contributed by atoms with Gasteiger partial charge in [0.05, 0.1) is 0 Å². The number of rotatable bonds is 3. The van der Waals surface area contributed by atoms with Crippen molar-refractivity contribution < 1.29 is 5.11 Å². The molecule has 2 saturated carbocycles. The Labute approximate surface area is 83.0 Å². The average Bonchev–Trinajstić information content (AvgIpc) is 3.00. The molecule has 0 radical (unpaired) electrons. The molecule has 0 atom stereocenters.